The monoisotopic (exact) mass is 465 g/mol. The van der Waals surface area contributed by atoms with Crippen LogP contribution < -0.4 is 10.3 Å². The van der Waals surface area contributed by atoms with Crippen molar-refractivity contribution in [3.63, 3.8) is 0 Å². The third-order valence-electron chi connectivity index (χ3n) is 7.45. The molecule has 3 heterocycles. The average Bonchev–Trinajstić information content (AvgIpc) is 3.44. The lowest BCUT2D eigenvalue weighted by Crippen LogP contribution is -2.62. The third kappa shape index (κ3) is 2.73. The number of para-hydroxylation sites is 2. The van der Waals surface area contributed by atoms with Crippen LogP contribution in [0.25, 0.3) is 43.7 Å². The molecule has 7 aromatic rings. The maximum Gasteiger partial charge on any atom is 0.137 e. The molecular formula is C32H23N3O. The van der Waals surface area contributed by atoms with Crippen LogP contribution in [0.3, 0.4) is 0 Å². The van der Waals surface area contributed by atoms with Crippen molar-refractivity contribution in [3.8, 4) is 0 Å². The summed E-state index contributed by atoms with van der Waals surface area (Å²) in [5.41, 5.74) is 6.64. The highest BCUT2D eigenvalue weighted by Crippen LogP contribution is 2.42. The lowest BCUT2D eigenvalue weighted by atomic mass is 10.0. The van der Waals surface area contributed by atoms with E-state index < -0.39 is 0 Å². The Bertz CT molecular complexity index is 1840. The van der Waals surface area contributed by atoms with Crippen molar-refractivity contribution in [3.05, 3.63) is 132 Å². The van der Waals surface area contributed by atoms with Crippen molar-refractivity contribution >= 4 is 43.7 Å². The van der Waals surface area contributed by atoms with Gasteiger partial charge in [-0.2, -0.15) is 0 Å². The summed E-state index contributed by atoms with van der Waals surface area (Å²) in [5, 5.41) is 11.1. The Labute approximate surface area is 207 Å². The van der Waals surface area contributed by atoms with Crippen LogP contribution in [0.5, 0.6) is 0 Å². The molecule has 172 valence electrons. The number of nitrogens with zero attached hydrogens (tertiary/aromatic N) is 2. The van der Waals surface area contributed by atoms with E-state index in [1.54, 1.807) is 0 Å². The Kier molecular flexibility index (Phi) is 4.10. The number of furan rings is 1. The van der Waals surface area contributed by atoms with E-state index in [2.05, 4.69) is 124 Å². The molecule has 0 amide bonds. The second kappa shape index (κ2) is 7.48. The maximum atomic E-state index is 6.32. The quantitative estimate of drug-likeness (QED) is 0.291. The fourth-order valence-corrected chi connectivity index (χ4v) is 5.78. The van der Waals surface area contributed by atoms with Gasteiger partial charge in [-0.1, -0.05) is 97.1 Å². The van der Waals surface area contributed by atoms with Gasteiger partial charge in [-0.05, 0) is 29.3 Å². The largest absolute Gasteiger partial charge is 0.456 e. The number of rotatable bonds is 3. The zero-order valence-corrected chi connectivity index (χ0v) is 19.5. The van der Waals surface area contributed by atoms with E-state index in [4.69, 9.17) is 4.42 Å². The van der Waals surface area contributed by atoms with Gasteiger partial charge in [-0.25, -0.2) is 0 Å². The molecule has 2 aromatic heterocycles. The minimum Gasteiger partial charge on any atom is -0.456 e. The van der Waals surface area contributed by atoms with Crippen molar-refractivity contribution < 1.29 is 4.42 Å². The summed E-state index contributed by atoms with van der Waals surface area (Å²) in [5.74, 6) is 0. The molecule has 5 aromatic carbocycles. The Morgan fingerprint density at radius 3 is 1.83 bits per heavy atom. The molecule has 2 atom stereocenters. The fraction of sp³-hybridized carbons (Fsp3) is 0.0625. The summed E-state index contributed by atoms with van der Waals surface area (Å²) in [6.07, 6.45) is 0.0866. The maximum absolute atomic E-state index is 6.32. The second-order valence-corrected chi connectivity index (χ2v) is 9.47. The van der Waals surface area contributed by atoms with Gasteiger partial charge >= 0.3 is 0 Å². The van der Waals surface area contributed by atoms with Gasteiger partial charge in [0.1, 0.15) is 23.5 Å². The van der Waals surface area contributed by atoms with Gasteiger partial charge in [0.05, 0.1) is 11.0 Å². The van der Waals surface area contributed by atoms with Crippen molar-refractivity contribution in [2.75, 3.05) is 5.01 Å². The van der Waals surface area contributed by atoms with Crippen molar-refractivity contribution in [2.24, 2.45) is 0 Å². The SMILES string of the molecule is c1ccc(C2NC(c3ccccc3)N2n2c3ccccc3c3cc4c(cc32)oc2ccccc24)cc1. The molecule has 4 heteroatoms. The van der Waals surface area contributed by atoms with Crippen molar-refractivity contribution in [1.82, 2.24) is 9.99 Å². The van der Waals surface area contributed by atoms with Gasteiger partial charge in [0, 0.05) is 27.6 Å². The number of hydrogen-bond donors (Lipinski definition) is 1. The topological polar surface area (TPSA) is 33.3 Å². The zero-order valence-electron chi connectivity index (χ0n) is 19.5. The normalized spacial score (nSPS) is 17.8. The van der Waals surface area contributed by atoms with Crippen LogP contribution in [0.1, 0.15) is 23.5 Å². The van der Waals surface area contributed by atoms with Crippen LogP contribution in [0.15, 0.2) is 126 Å². The Morgan fingerprint density at radius 2 is 1.11 bits per heavy atom. The molecule has 1 saturated heterocycles. The Hall–Kier alpha value is -4.54. The summed E-state index contributed by atoms with van der Waals surface area (Å²) in [6, 6.07) is 42.8. The fourth-order valence-electron chi connectivity index (χ4n) is 5.78. The summed E-state index contributed by atoms with van der Waals surface area (Å²) < 4.78 is 8.71. The number of hydrogen-bond acceptors (Lipinski definition) is 3. The van der Waals surface area contributed by atoms with Gasteiger partial charge < -0.3 is 4.42 Å². The second-order valence-electron chi connectivity index (χ2n) is 9.47. The summed E-state index contributed by atoms with van der Waals surface area (Å²) in [6.45, 7) is 0. The average molecular weight is 466 g/mol. The van der Waals surface area contributed by atoms with E-state index in [9.17, 15) is 0 Å². The van der Waals surface area contributed by atoms with E-state index in [1.165, 1.54) is 27.4 Å². The molecule has 0 spiro atoms. The lowest BCUT2D eigenvalue weighted by molar-refractivity contribution is 0.211. The molecule has 1 aliphatic rings. The third-order valence-corrected chi connectivity index (χ3v) is 7.45. The molecule has 1 N–H and O–H groups in total. The molecule has 8 rings (SSSR count). The summed E-state index contributed by atoms with van der Waals surface area (Å²) in [7, 11) is 0. The predicted octanol–water partition coefficient (Wildman–Crippen LogP) is 7.63. The standard InChI is InChI=1S/C32H23N3O/c1-3-11-21(12-4-1)31-33-32(22-13-5-2-6-14-22)35(31)34-27-17-9-7-15-23(27)25-19-26-24-16-8-10-18-29(24)36-30(26)20-28(25)34/h1-20,31-33H. The molecular weight excluding hydrogens is 442 g/mol. The molecule has 0 saturated carbocycles. The van der Waals surface area contributed by atoms with Crippen LogP contribution in [-0.2, 0) is 0 Å². The van der Waals surface area contributed by atoms with Gasteiger partial charge in [0.15, 0.2) is 0 Å². The smallest absolute Gasteiger partial charge is 0.137 e. The van der Waals surface area contributed by atoms with Crippen molar-refractivity contribution in [1.29, 1.82) is 0 Å². The zero-order chi connectivity index (χ0) is 23.6. The number of aromatic nitrogens is 1. The molecule has 1 fully saturated rings. The summed E-state index contributed by atoms with van der Waals surface area (Å²) >= 11 is 0. The highest BCUT2D eigenvalue weighted by Gasteiger charge is 2.41. The van der Waals surface area contributed by atoms with Gasteiger partial charge in [0.25, 0.3) is 0 Å². The molecule has 0 radical (unpaired) electrons. The first-order valence-electron chi connectivity index (χ1n) is 12.4. The van der Waals surface area contributed by atoms with E-state index in [0.717, 1.165) is 27.5 Å². The first kappa shape index (κ1) is 19.7. The highest BCUT2D eigenvalue weighted by molar-refractivity contribution is 6.16. The molecule has 0 aliphatic carbocycles. The van der Waals surface area contributed by atoms with Gasteiger partial charge in [0.2, 0.25) is 0 Å². The van der Waals surface area contributed by atoms with Crippen LogP contribution in [-0.4, -0.2) is 4.68 Å². The van der Waals surface area contributed by atoms with Crippen LogP contribution in [0, 0.1) is 0 Å². The van der Waals surface area contributed by atoms with Crippen LogP contribution in [0.4, 0.5) is 0 Å². The highest BCUT2D eigenvalue weighted by atomic mass is 16.3. The van der Waals surface area contributed by atoms with E-state index in [-0.39, 0.29) is 12.3 Å². The van der Waals surface area contributed by atoms with Crippen LogP contribution >= 0.6 is 0 Å². The predicted molar refractivity (Wildman–Crippen MR) is 146 cm³/mol. The molecule has 4 nitrogen and oxygen atoms in total. The van der Waals surface area contributed by atoms with E-state index in [0.29, 0.717) is 0 Å². The molecule has 0 bridgehead atoms. The van der Waals surface area contributed by atoms with E-state index >= 15 is 0 Å². The summed E-state index contributed by atoms with van der Waals surface area (Å²) in [4.78, 5) is 0. The Morgan fingerprint density at radius 1 is 0.500 bits per heavy atom. The van der Waals surface area contributed by atoms with Crippen molar-refractivity contribution in [2.45, 2.75) is 12.3 Å². The van der Waals surface area contributed by atoms with E-state index in [1.807, 2.05) is 12.1 Å². The number of fused-ring (bicyclic) bond motifs is 6. The minimum atomic E-state index is 0.0433. The number of benzene rings is 5. The molecule has 36 heavy (non-hydrogen) atoms. The van der Waals surface area contributed by atoms with Crippen LogP contribution in [0.2, 0.25) is 0 Å². The molecule has 1 aliphatic heterocycles. The lowest BCUT2D eigenvalue weighted by Gasteiger charge is -2.52. The Balaban J connectivity index is 1.43. The molecule has 2 unspecified atom stereocenters. The first-order chi connectivity index (χ1) is 17.9. The van der Waals surface area contributed by atoms with Gasteiger partial charge in [-0.15, -0.1) is 0 Å². The van der Waals surface area contributed by atoms with Gasteiger partial charge in [-0.3, -0.25) is 15.0 Å². The number of nitrogens with one attached hydrogen (secondary N) is 1. The first-order valence-corrected chi connectivity index (χ1v) is 12.4. The minimum absolute atomic E-state index is 0.0433.